The highest BCUT2D eigenvalue weighted by Crippen LogP contribution is 2.50. The second-order valence-electron chi connectivity index (χ2n) is 8.12. The van der Waals surface area contributed by atoms with Gasteiger partial charge in [-0.25, -0.2) is 4.79 Å². The monoisotopic (exact) mass is 409 g/mol. The third kappa shape index (κ3) is 4.15. The summed E-state index contributed by atoms with van der Waals surface area (Å²) >= 11 is 0. The van der Waals surface area contributed by atoms with E-state index in [0.29, 0.717) is 35.0 Å². The summed E-state index contributed by atoms with van der Waals surface area (Å²) < 4.78 is 6.23. The molecular weight excluding hydrogens is 382 g/mol. The maximum atomic E-state index is 12.9. The van der Waals surface area contributed by atoms with Crippen molar-refractivity contribution < 1.29 is 36.1 Å². The zero-order valence-corrected chi connectivity index (χ0v) is 16.8. The van der Waals surface area contributed by atoms with Crippen LogP contribution in [-0.4, -0.2) is 49.9 Å². The van der Waals surface area contributed by atoms with Gasteiger partial charge >= 0.3 is 5.97 Å². The Kier molecular flexibility index (Phi) is 6.13. The summed E-state index contributed by atoms with van der Waals surface area (Å²) in [5.74, 6) is 0.256. The van der Waals surface area contributed by atoms with E-state index < -0.39 is 11.6 Å². The van der Waals surface area contributed by atoms with Crippen LogP contribution in [0.3, 0.4) is 0 Å². The molecule has 1 aromatic carbocycles. The van der Waals surface area contributed by atoms with Gasteiger partial charge in [-0.3, -0.25) is 0 Å². The molecule has 25 heavy (non-hydrogen) atoms. The van der Waals surface area contributed by atoms with Crippen molar-refractivity contribution in [1.29, 1.82) is 0 Å². The topological polar surface area (TPSA) is 46.5 Å². The Bertz CT molecular complexity index is 638. The summed E-state index contributed by atoms with van der Waals surface area (Å²) in [6.45, 7) is 1.01. The average Bonchev–Trinajstić information content (AvgIpc) is 3.17. The maximum Gasteiger partial charge on any atom is 0.347 e. The summed E-state index contributed by atoms with van der Waals surface area (Å²) in [6, 6.07) is 9.23. The molecular formula is C20H28BrNO3. The lowest BCUT2D eigenvalue weighted by Gasteiger charge is -2.32. The number of carbonyl (C=O) groups excluding carboxylic acids is 1. The molecule has 0 radical (unpaired) electrons. The summed E-state index contributed by atoms with van der Waals surface area (Å²) in [7, 11) is 6.15. The van der Waals surface area contributed by atoms with Gasteiger partial charge in [-0.15, -0.1) is 0 Å². The molecule has 1 N–H and O–H groups in total. The average molecular weight is 410 g/mol. The Morgan fingerprint density at radius 1 is 1.24 bits per heavy atom. The number of benzene rings is 1. The van der Waals surface area contributed by atoms with Gasteiger partial charge in [-0.1, -0.05) is 36.4 Å². The minimum absolute atomic E-state index is 0. The van der Waals surface area contributed by atoms with E-state index in [4.69, 9.17) is 4.74 Å². The van der Waals surface area contributed by atoms with E-state index in [1.807, 2.05) is 30.3 Å². The first kappa shape index (κ1) is 20.1. The van der Waals surface area contributed by atoms with E-state index in [0.717, 1.165) is 24.8 Å². The molecule has 0 aliphatic heterocycles. The van der Waals surface area contributed by atoms with Crippen molar-refractivity contribution in [3.05, 3.63) is 47.5 Å². The molecule has 0 aromatic heterocycles. The van der Waals surface area contributed by atoms with Gasteiger partial charge in [0.1, 0.15) is 13.2 Å². The summed E-state index contributed by atoms with van der Waals surface area (Å²) in [6.07, 6.45) is 5.38. The number of fused-ring (bicyclic) bond motifs is 2. The van der Waals surface area contributed by atoms with Gasteiger partial charge < -0.3 is 31.3 Å². The first-order chi connectivity index (χ1) is 11.3. The zero-order chi connectivity index (χ0) is 17.4. The first-order valence-electron chi connectivity index (χ1n) is 8.78. The van der Waals surface area contributed by atoms with Crippen molar-refractivity contribution in [3.8, 4) is 0 Å². The molecule has 2 bridgehead atoms. The number of halogens is 1. The molecule has 1 fully saturated rings. The molecule has 5 heteroatoms. The number of allylic oxidation sites excluding steroid dienone is 1. The molecule has 3 atom stereocenters. The van der Waals surface area contributed by atoms with E-state index in [1.54, 1.807) is 0 Å². The van der Waals surface area contributed by atoms with Crippen LogP contribution in [0.5, 0.6) is 0 Å². The van der Waals surface area contributed by atoms with Gasteiger partial charge in [-0.2, -0.15) is 0 Å². The van der Waals surface area contributed by atoms with Crippen molar-refractivity contribution in [1.82, 2.24) is 0 Å². The number of hydrogen-bond acceptors (Lipinski definition) is 3. The molecule has 2 aliphatic rings. The molecule has 4 nitrogen and oxygen atoms in total. The van der Waals surface area contributed by atoms with Crippen LogP contribution in [0.2, 0.25) is 0 Å². The Morgan fingerprint density at radius 3 is 2.44 bits per heavy atom. The Morgan fingerprint density at radius 2 is 1.92 bits per heavy atom. The third-order valence-corrected chi connectivity index (χ3v) is 5.23. The van der Waals surface area contributed by atoms with Crippen molar-refractivity contribution in [2.75, 3.05) is 34.3 Å². The molecule has 1 aromatic rings. The van der Waals surface area contributed by atoms with E-state index in [1.165, 1.54) is 0 Å². The molecule has 1 saturated carbocycles. The van der Waals surface area contributed by atoms with Gasteiger partial charge in [0.25, 0.3) is 0 Å². The predicted octanol–water partition coefficient (Wildman–Crippen LogP) is -0.516. The van der Waals surface area contributed by atoms with Crippen molar-refractivity contribution in [2.24, 2.45) is 11.8 Å². The van der Waals surface area contributed by atoms with Crippen LogP contribution in [0.15, 0.2) is 42.0 Å². The standard InChI is InChI=1S/C20H28NO3.BrH/c1-21(2,3)11-12-24-19(22)20(23,17-7-5-4-6-8-17)18-14-15-9-10-16(18)13-15;/h4-8,14-16,23H,9-13H2,1-3H3;1H/q+1;/p-1. The SMILES string of the molecule is C[N+](C)(C)CCOC(=O)C(O)(C1=CC2CCC1C2)c1ccccc1.[Br-]. The molecule has 138 valence electrons. The van der Waals surface area contributed by atoms with Crippen LogP contribution in [-0.2, 0) is 15.1 Å². The summed E-state index contributed by atoms with van der Waals surface area (Å²) in [4.78, 5) is 12.9. The molecule has 0 spiro atoms. The van der Waals surface area contributed by atoms with Crippen molar-refractivity contribution in [3.63, 3.8) is 0 Å². The molecule has 0 amide bonds. The van der Waals surface area contributed by atoms with Crippen LogP contribution in [0.4, 0.5) is 0 Å². The van der Waals surface area contributed by atoms with Crippen LogP contribution in [0.25, 0.3) is 0 Å². The zero-order valence-electron chi connectivity index (χ0n) is 15.2. The van der Waals surface area contributed by atoms with Crippen LogP contribution >= 0.6 is 0 Å². The normalized spacial score (nSPS) is 24.2. The highest BCUT2D eigenvalue weighted by Gasteiger charge is 2.50. The molecule has 0 heterocycles. The second-order valence-corrected chi connectivity index (χ2v) is 8.12. The van der Waals surface area contributed by atoms with E-state index in [-0.39, 0.29) is 17.0 Å². The van der Waals surface area contributed by atoms with E-state index >= 15 is 0 Å². The minimum Gasteiger partial charge on any atom is -1.00 e. The third-order valence-electron chi connectivity index (χ3n) is 5.23. The minimum atomic E-state index is -1.65. The van der Waals surface area contributed by atoms with Crippen molar-refractivity contribution in [2.45, 2.75) is 24.9 Å². The lowest BCUT2D eigenvalue weighted by Crippen LogP contribution is -3.00. The fraction of sp³-hybridized carbons (Fsp3) is 0.550. The van der Waals surface area contributed by atoms with Crippen molar-refractivity contribution >= 4 is 5.97 Å². The number of rotatable bonds is 6. The largest absolute Gasteiger partial charge is 1.00 e. The van der Waals surface area contributed by atoms with Gasteiger partial charge in [0.2, 0.25) is 5.60 Å². The highest BCUT2D eigenvalue weighted by atomic mass is 79.9. The van der Waals surface area contributed by atoms with E-state index in [2.05, 4.69) is 27.2 Å². The first-order valence-corrected chi connectivity index (χ1v) is 8.78. The maximum absolute atomic E-state index is 12.9. The van der Waals surface area contributed by atoms with Crippen LogP contribution < -0.4 is 17.0 Å². The van der Waals surface area contributed by atoms with Gasteiger partial charge in [0.15, 0.2) is 0 Å². The Balaban J connectivity index is 0.00000225. The number of aliphatic hydroxyl groups is 1. The highest BCUT2D eigenvalue weighted by molar-refractivity contribution is 5.85. The second kappa shape index (κ2) is 7.60. The molecule has 3 rings (SSSR count). The van der Waals surface area contributed by atoms with Gasteiger partial charge in [0.05, 0.1) is 21.1 Å². The Hall–Kier alpha value is -1.17. The van der Waals surface area contributed by atoms with Crippen LogP contribution in [0.1, 0.15) is 24.8 Å². The lowest BCUT2D eigenvalue weighted by molar-refractivity contribution is -0.870. The van der Waals surface area contributed by atoms with E-state index in [9.17, 15) is 9.90 Å². The predicted molar refractivity (Wildman–Crippen MR) is 93.1 cm³/mol. The molecule has 0 saturated heterocycles. The number of ether oxygens (including phenoxy) is 1. The van der Waals surface area contributed by atoms with Gasteiger partial charge in [-0.05, 0) is 42.2 Å². The number of quaternary nitrogens is 1. The summed E-state index contributed by atoms with van der Waals surface area (Å²) in [5.41, 5.74) is -0.189. The molecule has 3 unspecified atom stereocenters. The lowest BCUT2D eigenvalue weighted by atomic mass is 9.79. The summed E-state index contributed by atoms with van der Waals surface area (Å²) in [5, 5.41) is 11.5. The number of esters is 1. The Labute approximate surface area is 160 Å². The fourth-order valence-electron chi connectivity index (χ4n) is 3.85. The van der Waals surface area contributed by atoms with Crippen LogP contribution in [0, 0.1) is 11.8 Å². The number of hydrogen-bond donors (Lipinski definition) is 1. The molecule has 2 aliphatic carbocycles. The fourth-order valence-corrected chi connectivity index (χ4v) is 3.85. The number of nitrogens with zero attached hydrogens (tertiary/aromatic N) is 1. The smallest absolute Gasteiger partial charge is 0.347 e. The number of carbonyl (C=O) groups is 1. The number of likely N-dealkylation sites (N-methyl/N-ethyl adjacent to an activating group) is 1. The quantitative estimate of drug-likeness (QED) is 0.390. The van der Waals surface area contributed by atoms with Gasteiger partial charge in [0, 0.05) is 0 Å².